The number of amides is 1. The molecule has 166 valence electrons. The van der Waals surface area contributed by atoms with E-state index in [0.29, 0.717) is 22.6 Å². The van der Waals surface area contributed by atoms with E-state index in [1.54, 1.807) is 18.7 Å². The summed E-state index contributed by atoms with van der Waals surface area (Å²) in [6, 6.07) is 7.05. The van der Waals surface area contributed by atoms with Crippen molar-refractivity contribution in [3.05, 3.63) is 70.8 Å². The number of hydrogen-bond acceptors (Lipinski definition) is 5. The fourth-order valence-corrected chi connectivity index (χ4v) is 3.66. The second kappa shape index (κ2) is 7.77. The highest BCUT2D eigenvalue weighted by Gasteiger charge is 2.37. The minimum absolute atomic E-state index is 0.0724. The molecule has 0 N–H and O–H groups in total. The van der Waals surface area contributed by atoms with Gasteiger partial charge in [-0.3, -0.25) is 9.69 Å². The van der Waals surface area contributed by atoms with Crippen LogP contribution in [0, 0.1) is 19.7 Å². The number of benzene rings is 2. The molecule has 1 aromatic heterocycles. The zero-order valence-electron chi connectivity index (χ0n) is 17.4. The molecule has 0 spiro atoms. The number of aromatic nitrogens is 2. The van der Waals surface area contributed by atoms with E-state index in [0.717, 1.165) is 18.2 Å². The first-order valence-corrected chi connectivity index (χ1v) is 9.54. The van der Waals surface area contributed by atoms with E-state index < -0.39 is 23.5 Å². The molecular formula is C22H18F4N4O2. The summed E-state index contributed by atoms with van der Waals surface area (Å²) in [6.45, 7) is 3.20. The average Bonchev–Trinajstić information content (AvgIpc) is 2.74. The maximum atomic E-state index is 13.7. The average molecular weight is 446 g/mol. The van der Waals surface area contributed by atoms with Crippen LogP contribution in [0.15, 0.2) is 42.6 Å². The van der Waals surface area contributed by atoms with Crippen molar-refractivity contribution in [1.82, 2.24) is 9.97 Å². The summed E-state index contributed by atoms with van der Waals surface area (Å²) < 4.78 is 58.9. The molecule has 0 atom stereocenters. The van der Waals surface area contributed by atoms with Crippen LogP contribution in [-0.4, -0.2) is 29.7 Å². The third-order valence-electron chi connectivity index (χ3n) is 5.23. The molecule has 1 aliphatic heterocycles. The summed E-state index contributed by atoms with van der Waals surface area (Å²) in [5.74, 6) is -0.971. The Morgan fingerprint density at radius 1 is 1.00 bits per heavy atom. The SMILES string of the molecule is COc1ncc(N2CN(c3ccc(F)cc3C)c3cc(C(F)(F)F)ccc3C2=O)c(C)n1. The number of halogens is 4. The van der Waals surface area contributed by atoms with E-state index in [2.05, 4.69) is 9.97 Å². The number of methoxy groups -OCH3 is 1. The first-order chi connectivity index (χ1) is 15.1. The van der Waals surface area contributed by atoms with Crippen molar-refractivity contribution < 1.29 is 27.1 Å². The van der Waals surface area contributed by atoms with Gasteiger partial charge in [0.15, 0.2) is 0 Å². The van der Waals surface area contributed by atoms with Crippen LogP contribution >= 0.6 is 0 Å². The van der Waals surface area contributed by atoms with Crippen LogP contribution in [0.3, 0.4) is 0 Å². The number of ether oxygens (including phenoxy) is 1. The predicted octanol–water partition coefficient (Wildman–Crippen LogP) is 5.02. The Morgan fingerprint density at radius 3 is 2.38 bits per heavy atom. The van der Waals surface area contributed by atoms with Crippen LogP contribution in [0.4, 0.5) is 34.6 Å². The molecule has 2 heterocycles. The molecule has 0 unspecified atom stereocenters. The Hall–Kier alpha value is -3.69. The van der Waals surface area contributed by atoms with E-state index in [-0.39, 0.29) is 23.9 Å². The van der Waals surface area contributed by atoms with Gasteiger partial charge < -0.3 is 9.64 Å². The largest absolute Gasteiger partial charge is 0.467 e. The van der Waals surface area contributed by atoms with Crippen molar-refractivity contribution >= 4 is 23.0 Å². The van der Waals surface area contributed by atoms with E-state index in [1.807, 2.05) is 0 Å². The van der Waals surface area contributed by atoms with Crippen LogP contribution in [0.25, 0.3) is 0 Å². The van der Waals surface area contributed by atoms with Crippen LogP contribution in [0.1, 0.15) is 27.2 Å². The minimum Gasteiger partial charge on any atom is -0.467 e. The van der Waals surface area contributed by atoms with Gasteiger partial charge in [-0.2, -0.15) is 18.2 Å². The van der Waals surface area contributed by atoms with Crippen LogP contribution in [0.5, 0.6) is 6.01 Å². The number of alkyl halides is 3. The Morgan fingerprint density at radius 2 is 1.75 bits per heavy atom. The number of aryl methyl sites for hydroxylation is 2. The van der Waals surface area contributed by atoms with Gasteiger partial charge in [-0.15, -0.1) is 0 Å². The molecule has 0 radical (unpaired) electrons. The van der Waals surface area contributed by atoms with E-state index in [4.69, 9.17) is 4.74 Å². The third kappa shape index (κ3) is 3.72. The lowest BCUT2D eigenvalue weighted by Crippen LogP contribution is -2.45. The zero-order chi connectivity index (χ0) is 23.2. The molecule has 1 aliphatic rings. The summed E-state index contributed by atoms with van der Waals surface area (Å²) in [5, 5.41) is 0. The van der Waals surface area contributed by atoms with Gasteiger partial charge >= 0.3 is 12.2 Å². The maximum Gasteiger partial charge on any atom is 0.416 e. The van der Waals surface area contributed by atoms with Gasteiger partial charge in [0.2, 0.25) is 0 Å². The van der Waals surface area contributed by atoms with Crippen molar-refractivity contribution in [1.29, 1.82) is 0 Å². The molecule has 0 bridgehead atoms. The lowest BCUT2D eigenvalue weighted by atomic mass is 10.0. The summed E-state index contributed by atoms with van der Waals surface area (Å²) in [5.41, 5.74) is 1.08. The number of fused-ring (bicyclic) bond motifs is 1. The highest BCUT2D eigenvalue weighted by Crippen LogP contribution is 2.41. The monoisotopic (exact) mass is 446 g/mol. The van der Waals surface area contributed by atoms with Gasteiger partial charge in [0.05, 0.1) is 41.5 Å². The molecule has 3 aromatic rings. The molecule has 2 aromatic carbocycles. The maximum absolute atomic E-state index is 13.7. The topological polar surface area (TPSA) is 58.6 Å². The predicted molar refractivity (Wildman–Crippen MR) is 110 cm³/mol. The molecule has 32 heavy (non-hydrogen) atoms. The second-order valence-electron chi connectivity index (χ2n) is 7.29. The summed E-state index contributed by atoms with van der Waals surface area (Å²) >= 11 is 0. The van der Waals surface area contributed by atoms with Gasteiger partial charge in [0.1, 0.15) is 12.5 Å². The molecule has 4 rings (SSSR count). The summed E-state index contributed by atoms with van der Waals surface area (Å²) in [6.07, 6.45) is -3.16. The van der Waals surface area contributed by atoms with Crippen molar-refractivity contribution in [2.75, 3.05) is 23.6 Å². The van der Waals surface area contributed by atoms with Crippen molar-refractivity contribution in [2.45, 2.75) is 20.0 Å². The Bertz CT molecular complexity index is 1210. The third-order valence-corrected chi connectivity index (χ3v) is 5.23. The number of carbonyl (C=O) groups is 1. The number of hydrogen-bond donors (Lipinski definition) is 0. The van der Waals surface area contributed by atoms with Gasteiger partial charge in [-0.05, 0) is 55.8 Å². The van der Waals surface area contributed by atoms with Gasteiger partial charge in [0, 0.05) is 5.69 Å². The molecular weight excluding hydrogens is 428 g/mol. The second-order valence-corrected chi connectivity index (χ2v) is 7.29. The molecule has 1 amide bonds. The molecule has 0 aliphatic carbocycles. The smallest absolute Gasteiger partial charge is 0.416 e. The normalized spacial score (nSPS) is 13.9. The van der Waals surface area contributed by atoms with Gasteiger partial charge in [0.25, 0.3) is 5.91 Å². The molecule has 10 heteroatoms. The molecule has 0 saturated carbocycles. The summed E-state index contributed by atoms with van der Waals surface area (Å²) in [7, 11) is 1.41. The summed E-state index contributed by atoms with van der Waals surface area (Å²) in [4.78, 5) is 24.4. The number of nitrogens with zero attached hydrogens (tertiary/aromatic N) is 4. The van der Waals surface area contributed by atoms with Crippen LogP contribution in [-0.2, 0) is 6.18 Å². The van der Waals surface area contributed by atoms with E-state index in [9.17, 15) is 22.4 Å². The first kappa shape index (κ1) is 21.5. The fraction of sp³-hybridized carbons (Fsp3) is 0.227. The minimum atomic E-state index is -4.58. The standard InChI is InChI=1S/C22H18F4N4O2/c1-12-8-15(23)5-7-17(12)29-11-30(19-10-27-21(32-3)28-13(19)2)20(31)16-6-4-14(9-18(16)29)22(24,25)26/h4-10H,11H2,1-3H3. The molecule has 0 fully saturated rings. The van der Waals surface area contributed by atoms with Crippen LogP contribution in [0.2, 0.25) is 0 Å². The van der Waals surface area contributed by atoms with Gasteiger partial charge in [-0.25, -0.2) is 9.37 Å². The molecule has 6 nitrogen and oxygen atoms in total. The number of rotatable bonds is 3. The lowest BCUT2D eigenvalue weighted by Gasteiger charge is -2.39. The van der Waals surface area contributed by atoms with Crippen molar-refractivity contribution in [3.8, 4) is 6.01 Å². The highest BCUT2D eigenvalue weighted by molar-refractivity contribution is 6.12. The van der Waals surface area contributed by atoms with Crippen molar-refractivity contribution in [3.63, 3.8) is 0 Å². The molecule has 0 saturated heterocycles. The first-order valence-electron chi connectivity index (χ1n) is 9.54. The lowest BCUT2D eigenvalue weighted by molar-refractivity contribution is -0.137. The number of carbonyl (C=O) groups excluding carboxylic acids is 1. The van der Waals surface area contributed by atoms with Crippen molar-refractivity contribution in [2.24, 2.45) is 0 Å². The van der Waals surface area contributed by atoms with E-state index >= 15 is 0 Å². The fourth-order valence-electron chi connectivity index (χ4n) is 3.66. The quantitative estimate of drug-likeness (QED) is 0.529. The van der Waals surface area contributed by atoms with Crippen LogP contribution < -0.4 is 14.5 Å². The Labute approximate surface area is 181 Å². The number of anilines is 3. The van der Waals surface area contributed by atoms with E-state index in [1.165, 1.54) is 36.4 Å². The zero-order valence-corrected chi connectivity index (χ0v) is 17.4. The Kier molecular flexibility index (Phi) is 5.23. The Balaban J connectivity index is 1.90. The van der Waals surface area contributed by atoms with Gasteiger partial charge in [-0.1, -0.05) is 0 Å². The highest BCUT2D eigenvalue weighted by atomic mass is 19.4.